The smallest absolute Gasteiger partial charge is 0.235 e. The Kier molecular flexibility index (Phi) is 6.34. The van der Waals surface area contributed by atoms with Crippen LogP contribution in [0.15, 0.2) is 36.4 Å². The van der Waals surface area contributed by atoms with Gasteiger partial charge in [0.2, 0.25) is 5.91 Å². The number of Topliss-reactive ketones (excluding diaryl/α,β-unsaturated/α-hetero) is 4. The van der Waals surface area contributed by atoms with Crippen LogP contribution >= 0.6 is 0 Å². The second kappa shape index (κ2) is 9.27. The highest BCUT2D eigenvalue weighted by molar-refractivity contribution is 6.31. The van der Waals surface area contributed by atoms with E-state index in [1.807, 2.05) is 50.2 Å². The molecule has 8 heteroatoms. The summed E-state index contributed by atoms with van der Waals surface area (Å²) in [5.41, 5.74) is 5.93. The molecule has 2 saturated carbocycles. The third kappa shape index (κ3) is 3.81. The Labute approximate surface area is 220 Å². The van der Waals surface area contributed by atoms with Crippen LogP contribution in [0.4, 0.5) is 0 Å². The van der Waals surface area contributed by atoms with E-state index in [0.717, 1.165) is 11.1 Å². The Morgan fingerprint density at radius 1 is 1.05 bits per heavy atom. The van der Waals surface area contributed by atoms with Gasteiger partial charge in [0.05, 0.1) is 11.5 Å². The topological polar surface area (TPSA) is 152 Å². The maximum absolute atomic E-state index is 13.9. The molecular formula is C30H31NO7. The summed E-state index contributed by atoms with van der Waals surface area (Å²) in [6, 6.07) is 11.7. The number of hydrogen-bond donors (Lipinski definition) is 3. The van der Waals surface area contributed by atoms with E-state index in [1.54, 1.807) is 0 Å². The van der Waals surface area contributed by atoms with Crippen LogP contribution in [0.25, 0.3) is 0 Å². The van der Waals surface area contributed by atoms with Crippen molar-refractivity contribution in [3.63, 3.8) is 0 Å². The summed E-state index contributed by atoms with van der Waals surface area (Å²) < 4.78 is 0. The molecule has 0 radical (unpaired) electrons. The molecule has 0 spiro atoms. The van der Waals surface area contributed by atoms with E-state index in [9.17, 15) is 34.2 Å². The van der Waals surface area contributed by atoms with Crippen LogP contribution < -0.4 is 5.73 Å². The van der Waals surface area contributed by atoms with Gasteiger partial charge >= 0.3 is 0 Å². The number of aromatic hydroxyl groups is 1. The molecular weight excluding hydrogens is 486 g/mol. The maximum Gasteiger partial charge on any atom is 0.235 e. The average Bonchev–Trinajstić information content (AvgIpc) is 2.86. The Morgan fingerprint density at radius 3 is 2.37 bits per heavy atom. The number of carbonyl (C=O) groups is 5. The molecule has 2 aromatic carbocycles. The first-order valence-electron chi connectivity index (χ1n) is 13.1. The highest BCUT2D eigenvalue weighted by Crippen LogP contribution is 2.51. The lowest BCUT2D eigenvalue weighted by Crippen LogP contribution is -2.68. The van der Waals surface area contributed by atoms with Crippen LogP contribution in [0.2, 0.25) is 0 Å². The second-order valence-electron chi connectivity index (χ2n) is 11.2. The zero-order valence-electron chi connectivity index (χ0n) is 21.4. The van der Waals surface area contributed by atoms with E-state index in [1.165, 1.54) is 0 Å². The minimum atomic E-state index is -2.64. The molecule has 3 aliphatic rings. The summed E-state index contributed by atoms with van der Waals surface area (Å²) in [6.45, 7) is 3.99. The van der Waals surface area contributed by atoms with Gasteiger partial charge in [-0.2, -0.15) is 0 Å². The molecule has 0 heterocycles. The lowest BCUT2D eigenvalue weighted by atomic mass is 9.53. The molecule has 2 aromatic rings. The Bertz CT molecular complexity index is 1380. The molecule has 0 saturated heterocycles. The van der Waals surface area contributed by atoms with Crippen molar-refractivity contribution < 1.29 is 34.2 Å². The van der Waals surface area contributed by atoms with Gasteiger partial charge < -0.3 is 15.9 Å². The molecule has 4 N–H and O–H groups in total. The van der Waals surface area contributed by atoms with E-state index in [-0.39, 0.29) is 30.1 Å². The predicted octanol–water partition coefficient (Wildman–Crippen LogP) is 2.24. The third-order valence-electron chi connectivity index (χ3n) is 8.66. The van der Waals surface area contributed by atoms with Gasteiger partial charge in [-0.3, -0.25) is 24.0 Å². The number of carbonyl (C=O) groups excluding carboxylic acids is 5. The Balaban J connectivity index is 1.56. The average molecular weight is 518 g/mol. The number of nitrogens with two attached hydrogens (primary N) is 1. The van der Waals surface area contributed by atoms with Crippen LogP contribution in [0.1, 0.15) is 65.2 Å². The molecule has 2 unspecified atom stereocenters. The molecule has 5 atom stereocenters. The fourth-order valence-electron chi connectivity index (χ4n) is 6.75. The fourth-order valence-corrected chi connectivity index (χ4v) is 6.75. The number of amides is 1. The second-order valence-corrected chi connectivity index (χ2v) is 11.2. The molecule has 1 amide bonds. The number of primary amides is 1. The van der Waals surface area contributed by atoms with E-state index < -0.39 is 58.3 Å². The van der Waals surface area contributed by atoms with Crippen molar-refractivity contribution in [1.29, 1.82) is 0 Å². The van der Waals surface area contributed by atoms with Crippen molar-refractivity contribution >= 4 is 29.0 Å². The summed E-state index contributed by atoms with van der Waals surface area (Å²) in [5, 5.41) is 22.7. The number of aliphatic hydroxyl groups is 1. The molecule has 2 fully saturated rings. The van der Waals surface area contributed by atoms with Crippen LogP contribution in [-0.4, -0.2) is 44.9 Å². The van der Waals surface area contributed by atoms with Gasteiger partial charge in [0.1, 0.15) is 5.75 Å². The van der Waals surface area contributed by atoms with Crippen molar-refractivity contribution in [2.24, 2.45) is 29.4 Å². The summed E-state index contributed by atoms with van der Waals surface area (Å²) >= 11 is 0. The van der Waals surface area contributed by atoms with Gasteiger partial charge in [0.25, 0.3) is 0 Å². The first-order chi connectivity index (χ1) is 18.0. The van der Waals surface area contributed by atoms with Crippen molar-refractivity contribution in [2.75, 3.05) is 0 Å². The van der Waals surface area contributed by atoms with Gasteiger partial charge in [-0.25, -0.2) is 0 Å². The van der Waals surface area contributed by atoms with E-state index >= 15 is 0 Å². The Hall–Kier alpha value is -3.65. The van der Waals surface area contributed by atoms with Crippen LogP contribution in [0, 0.1) is 23.7 Å². The lowest BCUT2D eigenvalue weighted by molar-refractivity contribution is -0.175. The number of phenolic OH excluding ortho intramolecular Hbond substituents is 1. The Morgan fingerprint density at radius 2 is 1.74 bits per heavy atom. The normalized spacial score (nSPS) is 28.6. The number of rotatable bonds is 5. The van der Waals surface area contributed by atoms with E-state index in [2.05, 4.69) is 0 Å². The molecule has 38 heavy (non-hydrogen) atoms. The SMILES string of the molecule is CC(C)c1cc(CCc2ccccc2)c(O)c2c1C[C@H]1C[C@H]3CC(=O)C(C(N)=O)C(=O)[C@@]3(O)C(=O)C1C2=O. The molecule has 5 rings (SSSR count). The van der Waals surface area contributed by atoms with Crippen molar-refractivity contribution in [2.45, 2.75) is 57.5 Å². The standard InChI is InChI=1S/C30H31NO7/c1-14(2)19-11-16(9-8-15-6-4-3-5-7-15)25(33)23-20(19)12-17-10-18-13-21(32)24(29(31)37)28(36)30(18,38)27(35)22(17)26(23)34/h3-7,11,14,17-18,22,24,33,38H,8-10,12-13H2,1-2H3,(H2,31,37)/t17-,18+,22?,24?,30+/m1/s1. The highest BCUT2D eigenvalue weighted by atomic mass is 16.3. The van der Waals surface area contributed by atoms with Crippen molar-refractivity contribution in [3.05, 3.63) is 64.2 Å². The number of hydrogen-bond acceptors (Lipinski definition) is 7. The first kappa shape index (κ1) is 26.0. The number of phenols is 1. The predicted molar refractivity (Wildman–Crippen MR) is 136 cm³/mol. The highest BCUT2D eigenvalue weighted by Gasteiger charge is 2.66. The van der Waals surface area contributed by atoms with Crippen molar-refractivity contribution in [3.8, 4) is 5.75 Å². The van der Waals surface area contributed by atoms with Crippen LogP contribution in [0.5, 0.6) is 5.75 Å². The largest absolute Gasteiger partial charge is 0.507 e. The summed E-state index contributed by atoms with van der Waals surface area (Å²) in [5.74, 6) is -9.77. The lowest BCUT2D eigenvalue weighted by Gasteiger charge is -2.48. The number of benzene rings is 2. The monoisotopic (exact) mass is 517 g/mol. The molecule has 0 aliphatic heterocycles. The van der Waals surface area contributed by atoms with Crippen LogP contribution in [-0.2, 0) is 38.4 Å². The number of fused-ring (bicyclic) bond motifs is 3. The van der Waals surface area contributed by atoms with Gasteiger partial charge in [-0.1, -0.05) is 50.2 Å². The summed E-state index contributed by atoms with van der Waals surface area (Å²) in [6.07, 6.45) is 1.17. The third-order valence-corrected chi connectivity index (χ3v) is 8.66. The van der Waals surface area contributed by atoms with Crippen LogP contribution in [0.3, 0.4) is 0 Å². The minimum Gasteiger partial charge on any atom is -0.507 e. The molecule has 198 valence electrons. The fraction of sp³-hybridized carbons (Fsp3) is 0.433. The van der Waals surface area contributed by atoms with E-state index in [4.69, 9.17) is 5.73 Å². The summed E-state index contributed by atoms with van der Waals surface area (Å²) in [4.78, 5) is 65.1. The van der Waals surface area contributed by atoms with Gasteiger partial charge in [0.15, 0.2) is 34.7 Å². The molecule has 0 bridgehead atoms. The van der Waals surface area contributed by atoms with Gasteiger partial charge in [-0.15, -0.1) is 0 Å². The number of ketones is 4. The zero-order valence-corrected chi connectivity index (χ0v) is 21.4. The van der Waals surface area contributed by atoms with Crippen molar-refractivity contribution in [1.82, 2.24) is 0 Å². The summed E-state index contributed by atoms with van der Waals surface area (Å²) in [7, 11) is 0. The first-order valence-corrected chi connectivity index (χ1v) is 13.1. The van der Waals surface area contributed by atoms with Gasteiger partial charge in [-0.05, 0) is 59.8 Å². The van der Waals surface area contributed by atoms with E-state index in [0.29, 0.717) is 30.4 Å². The van der Waals surface area contributed by atoms with Gasteiger partial charge in [0, 0.05) is 12.3 Å². The quantitative estimate of drug-likeness (QED) is 0.514. The number of aryl methyl sites for hydroxylation is 2. The molecule has 0 aromatic heterocycles. The molecule has 8 nitrogen and oxygen atoms in total. The maximum atomic E-state index is 13.9. The zero-order chi connectivity index (χ0) is 27.5. The molecule has 3 aliphatic carbocycles. The minimum absolute atomic E-state index is 0.0366.